The molecule has 1 unspecified atom stereocenters. The molecule has 8 heteroatoms. The fourth-order valence-corrected chi connectivity index (χ4v) is 2.78. The lowest BCUT2D eigenvalue weighted by Gasteiger charge is -2.17. The Bertz CT molecular complexity index is 950. The monoisotopic (exact) mass is 413 g/mol. The molecule has 0 saturated carbocycles. The van der Waals surface area contributed by atoms with Gasteiger partial charge in [-0.2, -0.15) is 5.10 Å². The molecule has 1 atom stereocenters. The predicted molar refractivity (Wildman–Crippen MR) is 109 cm³/mol. The van der Waals surface area contributed by atoms with Gasteiger partial charge in [-0.3, -0.25) is 0 Å². The molecule has 0 saturated heterocycles. The van der Waals surface area contributed by atoms with Crippen LogP contribution in [0.3, 0.4) is 0 Å². The van der Waals surface area contributed by atoms with Crippen LogP contribution in [0.25, 0.3) is 6.08 Å². The molecule has 0 bridgehead atoms. The van der Waals surface area contributed by atoms with Crippen LogP contribution in [0, 0.1) is 0 Å². The van der Waals surface area contributed by atoms with E-state index in [0.29, 0.717) is 23.1 Å². The molecule has 29 heavy (non-hydrogen) atoms. The van der Waals surface area contributed by atoms with E-state index in [1.165, 1.54) is 12.4 Å². The topological polar surface area (TPSA) is 75.5 Å². The van der Waals surface area contributed by atoms with Crippen LogP contribution in [0.1, 0.15) is 17.2 Å². The largest absolute Gasteiger partial charge is 0.497 e. The molecule has 0 fully saturated rings. The third-order valence-corrected chi connectivity index (χ3v) is 4.36. The quantitative estimate of drug-likeness (QED) is 0.411. The molecule has 1 heterocycles. The first kappa shape index (κ1) is 20.4. The number of carbonyl (C=O) groups is 1. The van der Waals surface area contributed by atoms with Gasteiger partial charge in [-0.05, 0) is 41.5 Å². The van der Waals surface area contributed by atoms with Gasteiger partial charge in [0.05, 0.1) is 20.8 Å². The first-order valence-corrected chi connectivity index (χ1v) is 9.15. The smallest absolute Gasteiger partial charge is 0.331 e. The van der Waals surface area contributed by atoms with Gasteiger partial charge in [0, 0.05) is 17.2 Å². The second kappa shape index (κ2) is 9.75. The van der Waals surface area contributed by atoms with Crippen molar-refractivity contribution in [2.45, 2.75) is 12.6 Å². The number of hydrogen-bond acceptors (Lipinski definition) is 6. The van der Waals surface area contributed by atoms with Crippen LogP contribution in [-0.4, -0.2) is 35.0 Å². The van der Waals surface area contributed by atoms with Gasteiger partial charge < -0.3 is 14.2 Å². The molecule has 1 aromatic heterocycles. The number of nitrogens with zero attached hydrogens (tertiary/aromatic N) is 3. The lowest BCUT2D eigenvalue weighted by atomic mass is 10.1. The Balaban J connectivity index is 1.75. The SMILES string of the molecule is COc1cc(C=CC(=O)OC(Cn2cncn2)c2ccc(Cl)cc2)cc(OC)c1. The second-order valence-electron chi connectivity index (χ2n) is 6.07. The van der Waals surface area contributed by atoms with Crippen molar-refractivity contribution in [2.75, 3.05) is 14.2 Å². The highest BCUT2D eigenvalue weighted by atomic mass is 35.5. The number of methoxy groups -OCH3 is 2. The summed E-state index contributed by atoms with van der Waals surface area (Å²) in [6.45, 7) is 0.328. The summed E-state index contributed by atoms with van der Waals surface area (Å²) in [6.07, 6.45) is 5.44. The van der Waals surface area contributed by atoms with Crippen molar-refractivity contribution in [3.63, 3.8) is 0 Å². The van der Waals surface area contributed by atoms with E-state index in [4.69, 9.17) is 25.8 Å². The minimum atomic E-state index is -0.550. The van der Waals surface area contributed by atoms with Crippen molar-refractivity contribution in [2.24, 2.45) is 0 Å². The summed E-state index contributed by atoms with van der Waals surface area (Å²) in [6, 6.07) is 12.5. The van der Waals surface area contributed by atoms with E-state index >= 15 is 0 Å². The van der Waals surface area contributed by atoms with Crippen molar-refractivity contribution >= 4 is 23.6 Å². The molecule has 0 aliphatic carbocycles. The van der Waals surface area contributed by atoms with Crippen molar-refractivity contribution in [1.29, 1.82) is 0 Å². The fourth-order valence-electron chi connectivity index (χ4n) is 2.65. The zero-order valence-electron chi connectivity index (χ0n) is 16.0. The van der Waals surface area contributed by atoms with Crippen molar-refractivity contribution in [3.05, 3.63) is 77.3 Å². The van der Waals surface area contributed by atoms with Crippen molar-refractivity contribution in [1.82, 2.24) is 14.8 Å². The van der Waals surface area contributed by atoms with Crippen molar-refractivity contribution in [3.8, 4) is 11.5 Å². The molecular weight excluding hydrogens is 394 g/mol. The number of halogens is 1. The maximum Gasteiger partial charge on any atom is 0.331 e. The Morgan fingerprint density at radius 1 is 1.14 bits per heavy atom. The average molecular weight is 414 g/mol. The molecule has 7 nitrogen and oxygen atoms in total. The molecule has 0 spiro atoms. The summed E-state index contributed by atoms with van der Waals surface area (Å²) in [4.78, 5) is 16.4. The van der Waals surface area contributed by atoms with E-state index in [-0.39, 0.29) is 0 Å². The average Bonchev–Trinajstić information content (AvgIpc) is 3.25. The lowest BCUT2D eigenvalue weighted by molar-refractivity contribution is -0.144. The minimum absolute atomic E-state index is 0.328. The molecule has 0 aliphatic rings. The van der Waals surface area contributed by atoms with Gasteiger partial charge in [-0.1, -0.05) is 23.7 Å². The molecule has 2 aromatic carbocycles. The standard InChI is InChI=1S/C21H20ClN3O4/c1-27-18-9-15(10-19(11-18)28-2)3-8-21(26)29-20(12-25-14-23-13-24-25)16-4-6-17(22)7-5-16/h3-11,13-14,20H,12H2,1-2H3. The van der Waals surface area contributed by atoms with Gasteiger partial charge in [0.1, 0.15) is 30.3 Å². The van der Waals surface area contributed by atoms with Crippen LogP contribution in [0.5, 0.6) is 11.5 Å². The van der Waals surface area contributed by atoms with E-state index in [1.807, 2.05) is 12.1 Å². The molecule has 3 aromatic rings. The Kier molecular flexibility index (Phi) is 6.86. The molecule has 0 amide bonds. The van der Waals surface area contributed by atoms with Crippen LogP contribution < -0.4 is 9.47 Å². The zero-order valence-corrected chi connectivity index (χ0v) is 16.7. The highest BCUT2D eigenvalue weighted by molar-refractivity contribution is 6.30. The van der Waals surface area contributed by atoms with E-state index in [0.717, 1.165) is 11.1 Å². The summed E-state index contributed by atoms with van der Waals surface area (Å²) in [5.41, 5.74) is 1.55. The van der Waals surface area contributed by atoms with E-state index < -0.39 is 12.1 Å². The van der Waals surface area contributed by atoms with Gasteiger partial charge in [0.2, 0.25) is 0 Å². The first-order chi connectivity index (χ1) is 14.1. The first-order valence-electron chi connectivity index (χ1n) is 8.77. The number of ether oxygens (including phenoxy) is 3. The summed E-state index contributed by atoms with van der Waals surface area (Å²) >= 11 is 5.96. The molecule has 0 radical (unpaired) electrons. The van der Waals surface area contributed by atoms with Gasteiger partial charge in [0.15, 0.2) is 0 Å². The number of aromatic nitrogens is 3. The number of hydrogen-bond donors (Lipinski definition) is 0. The van der Waals surface area contributed by atoms with E-state index in [9.17, 15) is 4.79 Å². The van der Waals surface area contributed by atoms with Gasteiger partial charge in [-0.25, -0.2) is 14.5 Å². The Labute approximate surface area is 173 Å². The van der Waals surface area contributed by atoms with Crippen LogP contribution in [0.2, 0.25) is 5.02 Å². The molecule has 3 rings (SSSR count). The van der Waals surface area contributed by atoms with Crippen LogP contribution in [0.4, 0.5) is 0 Å². The highest BCUT2D eigenvalue weighted by Crippen LogP contribution is 2.24. The fraction of sp³-hybridized carbons (Fsp3) is 0.190. The number of benzene rings is 2. The molecule has 0 N–H and O–H groups in total. The zero-order chi connectivity index (χ0) is 20.6. The van der Waals surface area contributed by atoms with Gasteiger partial charge in [0.25, 0.3) is 0 Å². The lowest BCUT2D eigenvalue weighted by Crippen LogP contribution is -2.16. The van der Waals surface area contributed by atoms with E-state index in [1.54, 1.807) is 61.6 Å². The third kappa shape index (κ3) is 5.83. The maximum absolute atomic E-state index is 12.5. The number of esters is 1. The van der Waals surface area contributed by atoms with Crippen LogP contribution in [-0.2, 0) is 16.1 Å². The van der Waals surface area contributed by atoms with Gasteiger partial charge >= 0.3 is 5.97 Å². The Morgan fingerprint density at radius 3 is 2.41 bits per heavy atom. The third-order valence-electron chi connectivity index (χ3n) is 4.11. The minimum Gasteiger partial charge on any atom is -0.497 e. The number of rotatable bonds is 8. The van der Waals surface area contributed by atoms with Crippen molar-refractivity contribution < 1.29 is 19.0 Å². The van der Waals surface area contributed by atoms with E-state index in [2.05, 4.69) is 10.1 Å². The Hall–Kier alpha value is -3.32. The van der Waals surface area contributed by atoms with Crippen LogP contribution >= 0.6 is 11.6 Å². The normalized spacial score (nSPS) is 12.0. The molecule has 0 aliphatic heterocycles. The summed E-state index contributed by atoms with van der Waals surface area (Å²) in [5, 5.41) is 4.68. The summed E-state index contributed by atoms with van der Waals surface area (Å²) < 4.78 is 17.7. The maximum atomic E-state index is 12.5. The van der Waals surface area contributed by atoms with Crippen LogP contribution in [0.15, 0.2) is 61.2 Å². The second-order valence-corrected chi connectivity index (χ2v) is 6.51. The van der Waals surface area contributed by atoms with Gasteiger partial charge in [-0.15, -0.1) is 0 Å². The highest BCUT2D eigenvalue weighted by Gasteiger charge is 2.17. The number of carbonyl (C=O) groups excluding carboxylic acids is 1. The summed E-state index contributed by atoms with van der Waals surface area (Å²) in [7, 11) is 3.13. The molecular formula is C21H20ClN3O4. The predicted octanol–water partition coefficient (Wildman–Crippen LogP) is 3.95. The summed E-state index contributed by atoms with van der Waals surface area (Å²) in [5.74, 6) is 0.761. The Morgan fingerprint density at radius 2 is 1.83 bits per heavy atom. The molecule has 150 valence electrons.